The van der Waals surface area contributed by atoms with Crippen molar-refractivity contribution in [3.05, 3.63) is 70.5 Å². The molecule has 0 aliphatic heterocycles. The van der Waals surface area contributed by atoms with E-state index in [4.69, 9.17) is 4.52 Å². The summed E-state index contributed by atoms with van der Waals surface area (Å²) in [4.78, 5) is 31.3. The molecule has 0 fully saturated rings. The summed E-state index contributed by atoms with van der Waals surface area (Å²) in [6.07, 6.45) is 0.873. The predicted octanol–water partition coefficient (Wildman–Crippen LogP) is 2.72. The van der Waals surface area contributed by atoms with Gasteiger partial charge in [0.15, 0.2) is 0 Å². The first-order chi connectivity index (χ1) is 13.7. The van der Waals surface area contributed by atoms with Crippen molar-refractivity contribution in [3.8, 4) is 11.4 Å². The maximum atomic E-state index is 12.1. The highest BCUT2D eigenvalue weighted by molar-refractivity contribution is 5.94. The first-order valence-electron chi connectivity index (χ1n) is 9.04. The Labute approximate surface area is 160 Å². The highest BCUT2D eigenvalue weighted by atomic mass is 16.5. The van der Waals surface area contributed by atoms with Crippen molar-refractivity contribution in [2.24, 2.45) is 0 Å². The SMILES string of the molecule is CCCn1c(=O)[nH]c2cc(-c3noc(CNC(=O)c4ccccc4)n3)ccc21. The van der Waals surface area contributed by atoms with Gasteiger partial charge in [0.05, 0.1) is 17.6 Å². The van der Waals surface area contributed by atoms with Crippen molar-refractivity contribution in [1.82, 2.24) is 25.0 Å². The fourth-order valence-corrected chi connectivity index (χ4v) is 3.04. The van der Waals surface area contributed by atoms with Gasteiger partial charge < -0.3 is 14.8 Å². The van der Waals surface area contributed by atoms with Crippen LogP contribution in [0.4, 0.5) is 0 Å². The van der Waals surface area contributed by atoms with E-state index in [1.54, 1.807) is 28.8 Å². The molecule has 0 atom stereocenters. The maximum Gasteiger partial charge on any atom is 0.326 e. The topological polar surface area (TPSA) is 106 Å². The molecule has 142 valence electrons. The number of aromatic nitrogens is 4. The Bertz CT molecular complexity index is 1170. The molecule has 4 rings (SSSR count). The summed E-state index contributed by atoms with van der Waals surface area (Å²) in [5, 5.41) is 6.72. The summed E-state index contributed by atoms with van der Waals surface area (Å²) in [5.74, 6) is 0.489. The zero-order chi connectivity index (χ0) is 19.5. The van der Waals surface area contributed by atoms with Crippen LogP contribution < -0.4 is 11.0 Å². The van der Waals surface area contributed by atoms with E-state index >= 15 is 0 Å². The van der Waals surface area contributed by atoms with Gasteiger partial charge in [0.2, 0.25) is 11.7 Å². The monoisotopic (exact) mass is 377 g/mol. The van der Waals surface area contributed by atoms with Gasteiger partial charge in [-0.05, 0) is 36.8 Å². The van der Waals surface area contributed by atoms with E-state index in [1.165, 1.54) is 0 Å². The quantitative estimate of drug-likeness (QED) is 0.537. The van der Waals surface area contributed by atoms with E-state index in [1.807, 2.05) is 31.2 Å². The van der Waals surface area contributed by atoms with Crippen LogP contribution in [0.25, 0.3) is 22.4 Å². The zero-order valence-electron chi connectivity index (χ0n) is 15.3. The predicted molar refractivity (Wildman–Crippen MR) is 104 cm³/mol. The second-order valence-electron chi connectivity index (χ2n) is 6.37. The molecular weight excluding hydrogens is 358 g/mol. The lowest BCUT2D eigenvalue weighted by Gasteiger charge is -2.01. The second kappa shape index (κ2) is 7.51. The van der Waals surface area contributed by atoms with Crippen LogP contribution in [-0.4, -0.2) is 25.6 Å². The van der Waals surface area contributed by atoms with Crippen molar-refractivity contribution in [3.63, 3.8) is 0 Å². The number of aromatic amines is 1. The normalized spacial score (nSPS) is 11.0. The Kier molecular flexibility index (Phi) is 4.76. The molecule has 4 aromatic rings. The summed E-state index contributed by atoms with van der Waals surface area (Å²) in [5.41, 5.74) is 2.72. The Morgan fingerprint density at radius 2 is 2.04 bits per heavy atom. The Balaban J connectivity index is 1.51. The number of imidazole rings is 1. The van der Waals surface area contributed by atoms with Gasteiger partial charge in [-0.3, -0.25) is 9.36 Å². The fourth-order valence-electron chi connectivity index (χ4n) is 3.04. The van der Waals surface area contributed by atoms with Gasteiger partial charge in [-0.25, -0.2) is 4.79 Å². The van der Waals surface area contributed by atoms with Crippen molar-refractivity contribution >= 4 is 16.9 Å². The number of carbonyl (C=O) groups is 1. The molecule has 0 unspecified atom stereocenters. The number of aryl methyl sites for hydroxylation is 1. The average molecular weight is 377 g/mol. The first-order valence-corrected chi connectivity index (χ1v) is 9.04. The van der Waals surface area contributed by atoms with Crippen LogP contribution in [0.5, 0.6) is 0 Å². The highest BCUT2D eigenvalue weighted by Gasteiger charge is 2.13. The van der Waals surface area contributed by atoms with Gasteiger partial charge >= 0.3 is 5.69 Å². The first kappa shape index (κ1) is 17.7. The lowest BCUT2D eigenvalue weighted by atomic mass is 10.2. The van der Waals surface area contributed by atoms with Crippen LogP contribution in [0.2, 0.25) is 0 Å². The number of hydrogen-bond donors (Lipinski definition) is 2. The van der Waals surface area contributed by atoms with Crippen molar-refractivity contribution in [1.29, 1.82) is 0 Å². The van der Waals surface area contributed by atoms with Gasteiger partial charge in [0, 0.05) is 17.7 Å². The van der Waals surface area contributed by atoms with E-state index < -0.39 is 0 Å². The molecule has 28 heavy (non-hydrogen) atoms. The minimum absolute atomic E-state index is 0.132. The molecule has 1 amide bonds. The van der Waals surface area contributed by atoms with Crippen molar-refractivity contribution in [2.75, 3.05) is 0 Å². The van der Waals surface area contributed by atoms with E-state index in [0.29, 0.717) is 23.8 Å². The lowest BCUT2D eigenvalue weighted by molar-refractivity contribution is 0.0946. The highest BCUT2D eigenvalue weighted by Crippen LogP contribution is 2.21. The number of nitrogens with one attached hydrogen (secondary N) is 2. The third kappa shape index (κ3) is 3.44. The molecule has 0 aliphatic rings. The number of H-pyrrole nitrogens is 1. The van der Waals surface area contributed by atoms with E-state index in [9.17, 15) is 9.59 Å². The number of nitrogens with zero attached hydrogens (tertiary/aromatic N) is 3. The molecule has 0 saturated carbocycles. The second-order valence-corrected chi connectivity index (χ2v) is 6.37. The number of amides is 1. The van der Waals surface area contributed by atoms with Gasteiger partial charge in [-0.2, -0.15) is 4.98 Å². The third-order valence-electron chi connectivity index (χ3n) is 4.38. The number of rotatable bonds is 6. The van der Waals surface area contributed by atoms with Crippen LogP contribution in [0.15, 0.2) is 57.8 Å². The summed E-state index contributed by atoms with van der Waals surface area (Å²) in [6.45, 7) is 2.81. The van der Waals surface area contributed by atoms with Crippen LogP contribution in [-0.2, 0) is 13.1 Å². The van der Waals surface area contributed by atoms with E-state index in [2.05, 4.69) is 20.4 Å². The molecule has 0 bridgehead atoms. The van der Waals surface area contributed by atoms with Crippen LogP contribution >= 0.6 is 0 Å². The Hall–Kier alpha value is -3.68. The number of carbonyl (C=O) groups excluding carboxylic acids is 1. The third-order valence-corrected chi connectivity index (χ3v) is 4.38. The molecular formula is C20H19N5O3. The van der Waals surface area contributed by atoms with E-state index in [0.717, 1.165) is 23.0 Å². The van der Waals surface area contributed by atoms with Gasteiger partial charge in [-0.15, -0.1) is 0 Å². The van der Waals surface area contributed by atoms with E-state index in [-0.39, 0.29) is 18.1 Å². The molecule has 0 aliphatic carbocycles. The summed E-state index contributed by atoms with van der Waals surface area (Å²) in [7, 11) is 0. The molecule has 0 radical (unpaired) electrons. The molecule has 8 nitrogen and oxygen atoms in total. The molecule has 2 N–H and O–H groups in total. The van der Waals surface area contributed by atoms with Crippen molar-refractivity contribution in [2.45, 2.75) is 26.4 Å². The Morgan fingerprint density at radius 3 is 2.82 bits per heavy atom. The van der Waals surface area contributed by atoms with Gasteiger partial charge in [-0.1, -0.05) is 30.3 Å². The molecule has 0 spiro atoms. The van der Waals surface area contributed by atoms with Crippen LogP contribution in [0, 0.1) is 0 Å². The van der Waals surface area contributed by atoms with Crippen LogP contribution in [0.3, 0.4) is 0 Å². The minimum atomic E-state index is -0.211. The Morgan fingerprint density at radius 1 is 1.21 bits per heavy atom. The number of hydrogen-bond acceptors (Lipinski definition) is 5. The van der Waals surface area contributed by atoms with Gasteiger partial charge in [0.1, 0.15) is 0 Å². The largest absolute Gasteiger partial charge is 0.343 e. The molecule has 8 heteroatoms. The number of fused-ring (bicyclic) bond motifs is 1. The molecule has 2 heterocycles. The van der Waals surface area contributed by atoms with Gasteiger partial charge in [0.25, 0.3) is 5.91 Å². The maximum absolute atomic E-state index is 12.1. The smallest absolute Gasteiger partial charge is 0.326 e. The molecule has 0 saturated heterocycles. The van der Waals surface area contributed by atoms with Crippen molar-refractivity contribution < 1.29 is 9.32 Å². The minimum Gasteiger partial charge on any atom is -0.343 e. The average Bonchev–Trinajstić information content (AvgIpc) is 3.31. The summed E-state index contributed by atoms with van der Waals surface area (Å²) in [6, 6.07) is 14.4. The summed E-state index contributed by atoms with van der Waals surface area (Å²) < 4.78 is 6.94. The molecule has 2 aromatic heterocycles. The summed E-state index contributed by atoms with van der Waals surface area (Å²) >= 11 is 0. The standard InChI is InChI=1S/C20H19N5O3/c1-2-10-25-16-9-8-14(11-15(16)22-20(25)27)18-23-17(28-24-18)12-21-19(26)13-6-4-3-5-7-13/h3-9,11H,2,10,12H2,1H3,(H,21,26)(H,22,27). The zero-order valence-corrected chi connectivity index (χ0v) is 15.3. The lowest BCUT2D eigenvalue weighted by Crippen LogP contribution is -2.22. The van der Waals surface area contributed by atoms with Crippen LogP contribution in [0.1, 0.15) is 29.6 Å². The fraction of sp³-hybridized carbons (Fsp3) is 0.200. The number of benzene rings is 2. The molecule has 2 aromatic carbocycles.